The first-order chi connectivity index (χ1) is 8.81. The second-order valence-corrected chi connectivity index (χ2v) is 4.88. The lowest BCUT2D eigenvalue weighted by atomic mass is 9.87. The Kier molecular flexibility index (Phi) is 4.75. The zero-order chi connectivity index (χ0) is 12.8. The number of nitrogens with one attached hydrogen (secondary N) is 2. The Morgan fingerprint density at radius 2 is 2.22 bits per heavy atom. The van der Waals surface area contributed by atoms with Gasteiger partial charge in [-0.1, -0.05) is 19.3 Å². The summed E-state index contributed by atoms with van der Waals surface area (Å²) in [7, 11) is 0. The van der Waals surface area contributed by atoms with E-state index in [2.05, 4.69) is 15.5 Å². The minimum atomic E-state index is -0.165. The van der Waals surface area contributed by atoms with Gasteiger partial charge in [0.2, 0.25) is 0 Å². The van der Waals surface area contributed by atoms with Crippen LogP contribution in [0.1, 0.15) is 60.6 Å². The Labute approximate surface area is 107 Å². The van der Waals surface area contributed by atoms with Crippen LogP contribution in [-0.2, 0) is 0 Å². The molecule has 0 saturated heterocycles. The number of hydrogen-bond acceptors (Lipinski definition) is 3. The summed E-state index contributed by atoms with van der Waals surface area (Å²) in [4.78, 5) is 11.7. The average molecular weight is 251 g/mol. The summed E-state index contributed by atoms with van der Waals surface area (Å²) in [5.74, 6) is 0.368. The molecule has 1 saturated carbocycles. The fourth-order valence-corrected chi connectivity index (χ4v) is 2.45. The summed E-state index contributed by atoms with van der Waals surface area (Å²) in [5.41, 5.74) is 1.54. The van der Waals surface area contributed by atoms with Crippen molar-refractivity contribution in [3.8, 4) is 0 Å². The number of hydrogen-bond donors (Lipinski definition) is 3. The Balaban J connectivity index is 1.90. The quantitative estimate of drug-likeness (QED) is 0.695. The second kappa shape index (κ2) is 6.54. The number of aromatic nitrogens is 2. The van der Waals surface area contributed by atoms with Crippen molar-refractivity contribution in [3.63, 3.8) is 0 Å². The van der Waals surface area contributed by atoms with E-state index >= 15 is 0 Å². The van der Waals surface area contributed by atoms with E-state index in [1.54, 1.807) is 0 Å². The first kappa shape index (κ1) is 13.1. The lowest BCUT2D eigenvalue weighted by Gasteiger charge is -2.19. The van der Waals surface area contributed by atoms with E-state index in [9.17, 15) is 4.79 Å². The number of carbonyl (C=O) groups excluding carboxylic acids is 1. The van der Waals surface area contributed by atoms with E-state index in [1.807, 2.05) is 6.07 Å². The van der Waals surface area contributed by atoms with Crippen molar-refractivity contribution >= 4 is 5.91 Å². The predicted molar refractivity (Wildman–Crippen MR) is 68.4 cm³/mol. The molecule has 18 heavy (non-hydrogen) atoms. The van der Waals surface area contributed by atoms with Gasteiger partial charge in [-0.25, -0.2) is 0 Å². The average Bonchev–Trinajstić information content (AvgIpc) is 2.89. The van der Waals surface area contributed by atoms with E-state index in [0.29, 0.717) is 24.6 Å². The molecule has 5 heteroatoms. The van der Waals surface area contributed by atoms with Gasteiger partial charge in [0.25, 0.3) is 5.91 Å². The lowest BCUT2D eigenvalue weighted by molar-refractivity contribution is 0.0946. The van der Waals surface area contributed by atoms with Gasteiger partial charge in [-0.3, -0.25) is 9.89 Å². The van der Waals surface area contributed by atoms with Gasteiger partial charge in [-0.05, 0) is 25.3 Å². The van der Waals surface area contributed by atoms with Crippen LogP contribution in [0.4, 0.5) is 0 Å². The van der Waals surface area contributed by atoms with Gasteiger partial charge in [0.1, 0.15) is 5.69 Å². The van der Waals surface area contributed by atoms with Gasteiger partial charge < -0.3 is 10.4 Å². The van der Waals surface area contributed by atoms with Gasteiger partial charge in [0, 0.05) is 24.8 Å². The maximum Gasteiger partial charge on any atom is 0.271 e. The Morgan fingerprint density at radius 1 is 1.44 bits per heavy atom. The number of aliphatic hydroxyl groups excluding tert-OH is 1. The number of nitrogens with zero attached hydrogens (tertiary/aromatic N) is 1. The predicted octanol–water partition coefficient (Wildman–Crippen LogP) is 1.57. The highest BCUT2D eigenvalue weighted by Crippen LogP contribution is 2.31. The Morgan fingerprint density at radius 3 is 2.94 bits per heavy atom. The number of aromatic amines is 1. The molecule has 0 atom stereocenters. The highest BCUT2D eigenvalue weighted by atomic mass is 16.3. The molecule has 0 unspecified atom stereocenters. The SMILES string of the molecule is O=C(NCCCO)c1cc(C2CCCCC2)[nH]n1. The van der Waals surface area contributed by atoms with Crippen LogP contribution in [0.2, 0.25) is 0 Å². The summed E-state index contributed by atoms with van der Waals surface area (Å²) in [6, 6.07) is 1.87. The summed E-state index contributed by atoms with van der Waals surface area (Å²) >= 11 is 0. The highest BCUT2D eigenvalue weighted by Gasteiger charge is 2.19. The van der Waals surface area contributed by atoms with E-state index in [1.165, 1.54) is 32.1 Å². The summed E-state index contributed by atoms with van der Waals surface area (Å²) in [6.07, 6.45) is 6.80. The van der Waals surface area contributed by atoms with Crippen LogP contribution in [0.3, 0.4) is 0 Å². The van der Waals surface area contributed by atoms with Crippen LogP contribution in [0.15, 0.2) is 6.07 Å². The van der Waals surface area contributed by atoms with Crippen molar-refractivity contribution in [1.29, 1.82) is 0 Å². The maximum absolute atomic E-state index is 11.7. The minimum Gasteiger partial charge on any atom is -0.396 e. The molecule has 0 radical (unpaired) electrons. The van der Waals surface area contributed by atoms with Crippen molar-refractivity contribution in [3.05, 3.63) is 17.5 Å². The number of rotatable bonds is 5. The molecule has 5 nitrogen and oxygen atoms in total. The van der Waals surface area contributed by atoms with Gasteiger partial charge in [0.05, 0.1) is 0 Å². The normalized spacial score (nSPS) is 16.7. The molecule has 0 spiro atoms. The third-order valence-corrected chi connectivity index (χ3v) is 3.50. The molecule has 0 bridgehead atoms. The summed E-state index contributed by atoms with van der Waals surface area (Å²) in [5, 5.41) is 18.4. The summed E-state index contributed by atoms with van der Waals surface area (Å²) < 4.78 is 0. The third-order valence-electron chi connectivity index (χ3n) is 3.50. The van der Waals surface area contributed by atoms with Crippen LogP contribution in [0.25, 0.3) is 0 Å². The molecule has 0 aliphatic heterocycles. The second-order valence-electron chi connectivity index (χ2n) is 4.88. The Hall–Kier alpha value is -1.36. The van der Waals surface area contributed by atoms with E-state index < -0.39 is 0 Å². The van der Waals surface area contributed by atoms with Crippen LogP contribution in [0.5, 0.6) is 0 Å². The lowest BCUT2D eigenvalue weighted by Crippen LogP contribution is -2.25. The maximum atomic E-state index is 11.7. The van der Waals surface area contributed by atoms with Crippen molar-refractivity contribution in [2.75, 3.05) is 13.2 Å². The topological polar surface area (TPSA) is 78.0 Å². The van der Waals surface area contributed by atoms with Crippen LogP contribution in [0, 0.1) is 0 Å². The zero-order valence-electron chi connectivity index (χ0n) is 10.6. The highest BCUT2D eigenvalue weighted by molar-refractivity contribution is 5.92. The molecule has 1 amide bonds. The largest absolute Gasteiger partial charge is 0.396 e. The fourth-order valence-electron chi connectivity index (χ4n) is 2.45. The third kappa shape index (κ3) is 3.32. The van der Waals surface area contributed by atoms with Gasteiger partial charge in [-0.2, -0.15) is 5.10 Å². The van der Waals surface area contributed by atoms with Crippen molar-refractivity contribution in [2.45, 2.75) is 44.4 Å². The van der Waals surface area contributed by atoms with E-state index in [0.717, 1.165) is 5.69 Å². The van der Waals surface area contributed by atoms with Crippen LogP contribution in [-0.4, -0.2) is 34.4 Å². The first-order valence-electron chi connectivity index (χ1n) is 6.75. The molecule has 1 aliphatic rings. The number of H-pyrrole nitrogens is 1. The van der Waals surface area contributed by atoms with Gasteiger partial charge in [0.15, 0.2) is 0 Å². The molecular weight excluding hydrogens is 230 g/mol. The minimum absolute atomic E-state index is 0.0914. The number of aliphatic hydroxyl groups is 1. The molecule has 100 valence electrons. The van der Waals surface area contributed by atoms with Gasteiger partial charge in [-0.15, -0.1) is 0 Å². The monoisotopic (exact) mass is 251 g/mol. The van der Waals surface area contributed by atoms with Crippen molar-refractivity contribution in [1.82, 2.24) is 15.5 Å². The van der Waals surface area contributed by atoms with Crippen molar-refractivity contribution in [2.24, 2.45) is 0 Å². The standard InChI is InChI=1S/C13H21N3O2/c17-8-4-7-14-13(18)12-9-11(15-16-12)10-5-2-1-3-6-10/h9-10,17H,1-8H2,(H,14,18)(H,15,16). The first-order valence-corrected chi connectivity index (χ1v) is 6.75. The van der Waals surface area contributed by atoms with E-state index in [4.69, 9.17) is 5.11 Å². The van der Waals surface area contributed by atoms with Crippen LogP contribution < -0.4 is 5.32 Å². The molecule has 1 aromatic heterocycles. The molecule has 1 heterocycles. The number of amides is 1. The molecule has 1 fully saturated rings. The number of carbonyl (C=O) groups is 1. The molecule has 0 aromatic carbocycles. The summed E-state index contributed by atoms with van der Waals surface area (Å²) in [6.45, 7) is 0.578. The molecule has 2 rings (SSSR count). The van der Waals surface area contributed by atoms with Gasteiger partial charge >= 0.3 is 0 Å². The zero-order valence-corrected chi connectivity index (χ0v) is 10.6. The Bertz CT molecular complexity index is 383. The van der Waals surface area contributed by atoms with Crippen LogP contribution >= 0.6 is 0 Å². The molecule has 1 aliphatic carbocycles. The van der Waals surface area contributed by atoms with E-state index in [-0.39, 0.29) is 12.5 Å². The van der Waals surface area contributed by atoms with Crippen molar-refractivity contribution < 1.29 is 9.90 Å². The smallest absolute Gasteiger partial charge is 0.271 e. The molecule has 3 N–H and O–H groups in total. The molecule has 1 aromatic rings. The fraction of sp³-hybridized carbons (Fsp3) is 0.692. The molecular formula is C13H21N3O2.